The molecule has 0 aromatic carbocycles. The monoisotopic (exact) mass is 486 g/mol. The molecule has 7 heteroatoms. The number of nitrogens with one attached hydrogen (secondary N) is 1. The van der Waals surface area contributed by atoms with Gasteiger partial charge in [0.1, 0.15) is 0 Å². The first-order valence-electron chi connectivity index (χ1n) is 13.6. The molecule has 3 unspecified atom stereocenters. The number of nitrogens with zero attached hydrogens (tertiary/aromatic N) is 3. The van der Waals surface area contributed by atoms with Crippen molar-refractivity contribution in [2.45, 2.75) is 70.8 Å². The lowest BCUT2D eigenvalue weighted by Crippen LogP contribution is -2.55. The molecule has 0 bridgehead atoms. The Kier molecular flexibility index (Phi) is 7.16. The third kappa shape index (κ3) is 5.25. The summed E-state index contributed by atoms with van der Waals surface area (Å²) in [6.45, 7) is 7.82. The quantitative estimate of drug-likeness (QED) is 0.622. The minimum absolute atomic E-state index is 0.0837. The maximum Gasteiger partial charge on any atom is 0.265 e. The van der Waals surface area contributed by atoms with E-state index in [9.17, 15) is 13.6 Å². The van der Waals surface area contributed by atoms with Crippen LogP contribution in [0.4, 0.5) is 8.78 Å². The van der Waals surface area contributed by atoms with Crippen LogP contribution in [-0.2, 0) is 4.79 Å². The number of amides is 1. The molecule has 1 N–H and O–H groups in total. The number of rotatable bonds is 2. The number of dihydropyridines is 1. The fourth-order valence-electron chi connectivity index (χ4n) is 6.55. The van der Waals surface area contributed by atoms with Crippen LogP contribution in [0.1, 0.15) is 58.8 Å². The Hall–Kier alpha value is -2.02. The summed E-state index contributed by atoms with van der Waals surface area (Å²) in [5.41, 5.74) is 5.74. The van der Waals surface area contributed by atoms with Crippen molar-refractivity contribution in [3.8, 4) is 0 Å². The van der Waals surface area contributed by atoms with Crippen molar-refractivity contribution in [3.63, 3.8) is 0 Å². The van der Waals surface area contributed by atoms with Crippen LogP contribution in [0, 0.1) is 17.8 Å². The van der Waals surface area contributed by atoms with E-state index in [4.69, 9.17) is 4.99 Å². The molecule has 192 valence electrons. The summed E-state index contributed by atoms with van der Waals surface area (Å²) < 4.78 is 28.3. The molecular weight excluding hydrogens is 446 g/mol. The standard InChI is InChI=1S/C28H40F2N4O/c1-19-5-6-21-7-11-31-12-8-24(21)26(15-25-20(2)32-13-9-23(19)25)34-16-22(17-34)27(35)33-14-4-3-10-28(29,30)18-33/h6,9,13,19-20,22,25,31H,3-5,7-8,10-12,14-18H2,1-2H3. The van der Waals surface area contributed by atoms with Crippen LogP contribution in [-0.4, -0.2) is 73.2 Å². The number of halogens is 2. The van der Waals surface area contributed by atoms with Gasteiger partial charge in [-0.3, -0.25) is 9.79 Å². The molecule has 1 aliphatic carbocycles. The molecule has 3 saturated heterocycles. The first-order chi connectivity index (χ1) is 16.8. The Balaban J connectivity index is 1.39. The van der Waals surface area contributed by atoms with Crippen LogP contribution in [0.5, 0.6) is 0 Å². The van der Waals surface area contributed by atoms with Crippen molar-refractivity contribution in [2.24, 2.45) is 22.7 Å². The molecule has 0 aromatic rings. The second kappa shape index (κ2) is 10.2. The van der Waals surface area contributed by atoms with Gasteiger partial charge in [0.05, 0.1) is 18.5 Å². The molecule has 0 saturated carbocycles. The zero-order chi connectivity index (χ0) is 24.6. The second-order valence-electron chi connectivity index (χ2n) is 11.2. The Bertz CT molecular complexity index is 947. The number of alkyl halides is 2. The Labute approximate surface area is 208 Å². The summed E-state index contributed by atoms with van der Waals surface area (Å²) in [4.78, 5) is 21.7. The zero-order valence-corrected chi connectivity index (χ0v) is 21.2. The van der Waals surface area contributed by atoms with Gasteiger partial charge in [0.25, 0.3) is 5.92 Å². The van der Waals surface area contributed by atoms with Crippen molar-refractivity contribution in [1.82, 2.24) is 15.1 Å². The SMILES string of the molecule is CC1CC=C2CCNCCC2=C(N2CC(C(=O)N3CCCCC(F)(F)C3)C2)CC2C1=CC=NC2C. The summed E-state index contributed by atoms with van der Waals surface area (Å²) in [6, 6.07) is 0.233. The maximum absolute atomic E-state index is 14.2. The molecule has 0 radical (unpaired) electrons. The summed E-state index contributed by atoms with van der Waals surface area (Å²) in [7, 11) is 0. The van der Waals surface area contributed by atoms with Crippen molar-refractivity contribution in [1.29, 1.82) is 0 Å². The normalized spacial score (nSPS) is 32.1. The molecule has 5 aliphatic rings. The summed E-state index contributed by atoms with van der Waals surface area (Å²) >= 11 is 0. The van der Waals surface area contributed by atoms with E-state index in [0.29, 0.717) is 44.3 Å². The van der Waals surface area contributed by atoms with Gasteiger partial charge in [0, 0.05) is 43.9 Å². The molecule has 1 amide bonds. The maximum atomic E-state index is 14.2. The molecule has 0 aromatic heterocycles. The van der Waals surface area contributed by atoms with Crippen molar-refractivity contribution >= 4 is 12.1 Å². The Morgan fingerprint density at radius 3 is 2.80 bits per heavy atom. The van der Waals surface area contributed by atoms with Gasteiger partial charge in [-0.1, -0.05) is 18.6 Å². The van der Waals surface area contributed by atoms with Crippen molar-refractivity contribution < 1.29 is 13.6 Å². The lowest BCUT2D eigenvalue weighted by atomic mass is 9.78. The van der Waals surface area contributed by atoms with Gasteiger partial charge in [-0.25, -0.2) is 8.78 Å². The van der Waals surface area contributed by atoms with E-state index in [2.05, 4.69) is 36.2 Å². The van der Waals surface area contributed by atoms with Gasteiger partial charge < -0.3 is 15.1 Å². The number of hydrogen-bond donors (Lipinski definition) is 1. The Morgan fingerprint density at radius 2 is 1.97 bits per heavy atom. The lowest BCUT2D eigenvalue weighted by Gasteiger charge is -2.45. The van der Waals surface area contributed by atoms with Crippen molar-refractivity contribution in [3.05, 3.63) is 34.6 Å². The molecule has 35 heavy (non-hydrogen) atoms. The van der Waals surface area contributed by atoms with E-state index < -0.39 is 12.5 Å². The van der Waals surface area contributed by atoms with E-state index in [0.717, 1.165) is 38.8 Å². The van der Waals surface area contributed by atoms with Gasteiger partial charge in [-0.05, 0) is 81.7 Å². The van der Waals surface area contributed by atoms with Gasteiger partial charge in [-0.15, -0.1) is 0 Å². The average molecular weight is 487 g/mol. The molecule has 0 spiro atoms. The highest BCUT2D eigenvalue weighted by molar-refractivity contribution is 5.80. The number of allylic oxidation sites excluding steroid dienone is 3. The van der Waals surface area contributed by atoms with E-state index in [-0.39, 0.29) is 24.3 Å². The number of hydrogen-bond acceptors (Lipinski definition) is 4. The van der Waals surface area contributed by atoms with Crippen LogP contribution in [0.15, 0.2) is 39.6 Å². The fourth-order valence-corrected chi connectivity index (χ4v) is 6.55. The Morgan fingerprint density at radius 1 is 1.17 bits per heavy atom. The van der Waals surface area contributed by atoms with Gasteiger partial charge >= 0.3 is 0 Å². The van der Waals surface area contributed by atoms with E-state index in [1.807, 2.05) is 6.21 Å². The first-order valence-corrected chi connectivity index (χ1v) is 13.6. The third-order valence-corrected chi connectivity index (χ3v) is 8.72. The van der Waals surface area contributed by atoms with Crippen LogP contribution >= 0.6 is 0 Å². The molecule has 5 rings (SSSR count). The largest absolute Gasteiger partial charge is 0.373 e. The summed E-state index contributed by atoms with van der Waals surface area (Å²) in [5, 5.41) is 3.56. The van der Waals surface area contributed by atoms with Gasteiger partial charge in [-0.2, -0.15) is 0 Å². The topological polar surface area (TPSA) is 47.9 Å². The van der Waals surface area contributed by atoms with Gasteiger partial charge in [0.15, 0.2) is 0 Å². The first kappa shape index (κ1) is 24.7. The third-order valence-electron chi connectivity index (χ3n) is 8.72. The van der Waals surface area contributed by atoms with Crippen LogP contribution in [0.25, 0.3) is 0 Å². The van der Waals surface area contributed by atoms with Crippen LogP contribution in [0.2, 0.25) is 0 Å². The van der Waals surface area contributed by atoms with Crippen LogP contribution < -0.4 is 5.32 Å². The zero-order valence-electron chi connectivity index (χ0n) is 21.2. The highest BCUT2D eigenvalue weighted by Gasteiger charge is 2.42. The summed E-state index contributed by atoms with van der Waals surface area (Å²) in [5.74, 6) is -2.19. The summed E-state index contributed by atoms with van der Waals surface area (Å²) in [6.07, 6.45) is 11.7. The molecule has 4 heterocycles. The predicted molar refractivity (Wildman–Crippen MR) is 136 cm³/mol. The van der Waals surface area contributed by atoms with Crippen molar-refractivity contribution in [2.75, 3.05) is 39.3 Å². The van der Waals surface area contributed by atoms with Gasteiger partial charge in [0.2, 0.25) is 5.91 Å². The van der Waals surface area contributed by atoms with Crippen LogP contribution in [0.3, 0.4) is 0 Å². The molecule has 3 fully saturated rings. The number of fused-ring (bicyclic) bond motifs is 2. The number of carbonyl (C=O) groups is 1. The molecular formula is C28H40F2N4O. The number of aliphatic imine (C=N–C) groups is 1. The highest BCUT2D eigenvalue weighted by atomic mass is 19.3. The number of carbonyl (C=O) groups excluding carboxylic acids is 1. The molecule has 4 aliphatic heterocycles. The number of likely N-dealkylation sites (tertiary alicyclic amines) is 2. The average Bonchev–Trinajstić information content (AvgIpc) is 3.11. The smallest absolute Gasteiger partial charge is 0.265 e. The minimum atomic E-state index is -2.76. The fraction of sp³-hybridized carbons (Fsp3) is 0.714. The molecule has 3 atom stereocenters. The lowest BCUT2D eigenvalue weighted by molar-refractivity contribution is -0.145. The predicted octanol–water partition coefficient (Wildman–Crippen LogP) is 4.58. The minimum Gasteiger partial charge on any atom is -0.373 e. The van der Waals surface area contributed by atoms with E-state index in [1.165, 1.54) is 27.3 Å². The molecule has 5 nitrogen and oxygen atoms in total. The second-order valence-corrected chi connectivity index (χ2v) is 11.2. The van der Waals surface area contributed by atoms with E-state index in [1.54, 1.807) is 0 Å². The van der Waals surface area contributed by atoms with E-state index >= 15 is 0 Å². The highest BCUT2D eigenvalue weighted by Crippen LogP contribution is 2.41.